The zero-order valence-electron chi connectivity index (χ0n) is 12.0. The van der Waals surface area contributed by atoms with Crippen LogP contribution in [-0.2, 0) is 10.0 Å². The van der Waals surface area contributed by atoms with Crippen molar-refractivity contribution in [2.24, 2.45) is 0 Å². The minimum absolute atomic E-state index is 0.239. The van der Waals surface area contributed by atoms with Gasteiger partial charge in [0, 0.05) is 25.5 Å². The van der Waals surface area contributed by atoms with Gasteiger partial charge in [0.15, 0.2) is 0 Å². The number of hydrogen-bond acceptors (Lipinski definition) is 3. The molecule has 1 saturated heterocycles. The predicted octanol–water partition coefficient (Wildman–Crippen LogP) is 2.79. The molecule has 0 aliphatic carbocycles. The highest BCUT2D eigenvalue weighted by Crippen LogP contribution is 2.30. The van der Waals surface area contributed by atoms with Crippen LogP contribution in [0.15, 0.2) is 53.7 Å². The highest BCUT2D eigenvalue weighted by atomic mass is 32.2. The molecule has 0 atom stereocenters. The van der Waals surface area contributed by atoms with Crippen molar-refractivity contribution in [2.75, 3.05) is 13.1 Å². The molecule has 1 aromatic carbocycles. The molecule has 0 spiro atoms. The third-order valence-corrected chi connectivity index (χ3v) is 6.02. The minimum Gasteiger partial charge on any atom is -0.265 e. The summed E-state index contributed by atoms with van der Waals surface area (Å²) in [4.78, 5) is 3.76. The summed E-state index contributed by atoms with van der Waals surface area (Å²) < 4.78 is 40.2. The van der Waals surface area contributed by atoms with Crippen LogP contribution < -0.4 is 0 Å². The maximum absolute atomic E-state index is 13.8. The van der Waals surface area contributed by atoms with Crippen molar-refractivity contribution in [1.29, 1.82) is 0 Å². The molecule has 0 saturated carbocycles. The number of aromatic nitrogens is 1. The lowest BCUT2D eigenvalue weighted by molar-refractivity contribution is 0.318. The average molecular weight is 320 g/mol. The SMILES string of the molecule is O=S(=O)(c1ccccc1F)N1CCC(c2ccncc2)CC1. The van der Waals surface area contributed by atoms with Crippen LogP contribution in [0.5, 0.6) is 0 Å². The Kier molecular flexibility index (Phi) is 4.22. The lowest BCUT2D eigenvalue weighted by Crippen LogP contribution is -2.38. The van der Waals surface area contributed by atoms with E-state index >= 15 is 0 Å². The summed E-state index contributed by atoms with van der Waals surface area (Å²) in [6, 6.07) is 9.46. The molecule has 116 valence electrons. The monoisotopic (exact) mass is 320 g/mol. The molecule has 1 aliphatic rings. The molecule has 1 aromatic heterocycles. The molecule has 0 N–H and O–H groups in total. The van der Waals surface area contributed by atoms with Crippen LogP contribution in [0.25, 0.3) is 0 Å². The second kappa shape index (κ2) is 6.14. The van der Waals surface area contributed by atoms with Crippen LogP contribution >= 0.6 is 0 Å². The summed E-state index contributed by atoms with van der Waals surface area (Å²) in [7, 11) is -3.75. The minimum atomic E-state index is -3.75. The fourth-order valence-electron chi connectivity index (χ4n) is 2.86. The Morgan fingerprint density at radius 1 is 1.05 bits per heavy atom. The van der Waals surface area contributed by atoms with Gasteiger partial charge in [0.2, 0.25) is 10.0 Å². The number of halogens is 1. The van der Waals surface area contributed by atoms with Crippen LogP contribution in [0.2, 0.25) is 0 Å². The molecule has 0 radical (unpaired) electrons. The van der Waals surface area contributed by atoms with Gasteiger partial charge < -0.3 is 0 Å². The van der Waals surface area contributed by atoms with E-state index in [9.17, 15) is 12.8 Å². The van der Waals surface area contributed by atoms with E-state index in [1.165, 1.54) is 28.1 Å². The number of sulfonamides is 1. The van der Waals surface area contributed by atoms with Gasteiger partial charge in [0.1, 0.15) is 10.7 Å². The van der Waals surface area contributed by atoms with E-state index in [2.05, 4.69) is 4.98 Å². The molecule has 1 fully saturated rings. The van der Waals surface area contributed by atoms with E-state index in [-0.39, 0.29) is 4.90 Å². The van der Waals surface area contributed by atoms with Gasteiger partial charge in [-0.2, -0.15) is 4.31 Å². The molecule has 0 unspecified atom stereocenters. The second-order valence-electron chi connectivity index (χ2n) is 5.39. The molecule has 3 rings (SSSR count). The third-order valence-electron chi connectivity index (χ3n) is 4.09. The van der Waals surface area contributed by atoms with Crippen molar-refractivity contribution in [3.8, 4) is 0 Å². The molecular weight excluding hydrogens is 303 g/mol. The number of hydrogen-bond donors (Lipinski definition) is 0. The average Bonchev–Trinajstić information content (AvgIpc) is 2.56. The number of nitrogens with zero attached hydrogens (tertiary/aromatic N) is 2. The van der Waals surface area contributed by atoms with Gasteiger partial charge in [-0.3, -0.25) is 4.98 Å². The highest BCUT2D eigenvalue weighted by molar-refractivity contribution is 7.89. The lowest BCUT2D eigenvalue weighted by Gasteiger charge is -2.31. The van der Waals surface area contributed by atoms with E-state index in [1.54, 1.807) is 18.5 Å². The van der Waals surface area contributed by atoms with E-state index in [4.69, 9.17) is 0 Å². The van der Waals surface area contributed by atoms with E-state index in [0.29, 0.717) is 19.0 Å². The van der Waals surface area contributed by atoms with Crippen molar-refractivity contribution in [1.82, 2.24) is 9.29 Å². The molecule has 2 heterocycles. The molecule has 4 nitrogen and oxygen atoms in total. The van der Waals surface area contributed by atoms with E-state index < -0.39 is 15.8 Å². The number of benzene rings is 1. The zero-order chi connectivity index (χ0) is 15.6. The molecule has 0 amide bonds. The molecule has 2 aromatic rings. The molecule has 0 bridgehead atoms. The predicted molar refractivity (Wildman–Crippen MR) is 81.4 cm³/mol. The number of piperidine rings is 1. The topological polar surface area (TPSA) is 50.3 Å². The summed E-state index contributed by atoms with van der Waals surface area (Å²) in [5, 5.41) is 0. The molecule has 1 aliphatic heterocycles. The Morgan fingerprint density at radius 3 is 2.32 bits per heavy atom. The first-order chi connectivity index (χ1) is 10.6. The lowest BCUT2D eigenvalue weighted by atomic mass is 9.91. The zero-order valence-corrected chi connectivity index (χ0v) is 12.8. The van der Waals surface area contributed by atoms with Crippen LogP contribution in [0.3, 0.4) is 0 Å². The van der Waals surface area contributed by atoms with Crippen LogP contribution in [-0.4, -0.2) is 30.8 Å². The summed E-state index contributed by atoms with van der Waals surface area (Å²) in [6.07, 6.45) is 4.96. The summed E-state index contributed by atoms with van der Waals surface area (Å²) in [6.45, 7) is 0.813. The first-order valence-electron chi connectivity index (χ1n) is 7.23. The Morgan fingerprint density at radius 2 is 1.68 bits per heavy atom. The van der Waals surface area contributed by atoms with Gasteiger partial charge >= 0.3 is 0 Å². The fourth-order valence-corrected chi connectivity index (χ4v) is 4.39. The van der Waals surface area contributed by atoms with Gasteiger partial charge in [-0.25, -0.2) is 12.8 Å². The first kappa shape index (κ1) is 15.1. The van der Waals surface area contributed by atoms with Crippen molar-refractivity contribution < 1.29 is 12.8 Å². The fraction of sp³-hybridized carbons (Fsp3) is 0.312. The Hall–Kier alpha value is -1.79. The van der Waals surface area contributed by atoms with Crippen LogP contribution in [0, 0.1) is 5.82 Å². The molecular formula is C16H17FN2O2S. The smallest absolute Gasteiger partial charge is 0.245 e. The Labute approximate surface area is 129 Å². The standard InChI is InChI=1S/C16H17FN2O2S/c17-15-3-1-2-4-16(15)22(20,21)19-11-7-14(8-12-19)13-5-9-18-10-6-13/h1-6,9-10,14H,7-8,11-12H2. The van der Waals surface area contributed by atoms with E-state index in [0.717, 1.165) is 12.8 Å². The van der Waals surface area contributed by atoms with Crippen molar-refractivity contribution in [2.45, 2.75) is 23.7 Å². The Bertz CT molecular complexity index is 742. The van der Waals surface area contributed by atoms with Crippen LogP contribution in [0.4, 0.5) is 4.39 Å². The van der Waals surface area contributed by atoms with Crippen molar-refractivity contribution in [3.63, 3.8) is 0 Å². The summed E-state index contributed by atoms with van der Waals surface area (Å²) >= 11 is 0. The van der Waals surface area contributed by atoms with Gasteiger partial charge in [-0.1, -0.05) is 12.1 Å². The van der Waals surface area contributed by atoms with Crippen LogP contribution in [0.1, 0.15) is 24.3 Å². The van der Waals surface area contributed by atoms with Gasteiger partial charge in [0.05, 0.1) is 0 Å². The van der Waals surface area contributed by atoms with Crippen molar-refractivity contribution in [3.05, 3.63) is 60.2 Å². The van der Waals surface area contributed by atoms with E-state index in [1.807, 2.05) is 12.1 Å². The maximum atomic E-state index is 13.8. The summed E-state index contributed by atoms with van der Waals surface area (Å²) in [5.41, 5.74) is 1.18. The quantitative estimate of drug-likeness (QED) is 0.874. The molecule has 22 heavy (non-hydrogen) atoms. The maximum Gasteiger partial charge on any atom is 0.245 e. The second-order valence-corrected chi connectivity index (χ2v) is 7.30. The largest absolute Gasteiger partial charge is 0.265 e. The molecule has 6 heteroatoms. The normalized spacial score (nSPS) is 17.5. The van der Waals surface area contributed by atoms with Gasteiger partial charge in [-0.05, 0) is 48.6 Å². The van der Waals surface area contributed by atoms with Crippen molar-refractivity contribution >= 4 is 10.0 Å². The first-order valence-corrected chi connectivity index (χ1v) is 8.67. The third kappa shape index (κ3) is 2.89. The summed E-state index contributed by atoms with van der Waals surface area (Å²) in [5.74, 6) is -0.367. The van der Waals surface area contributed by atoms with Gasteiger partial charge in [0.25, 0.3) is 0 Å². The number of pyridine rings is 1. The number of rotatable bonds is 3. The van der Waals surface area contributed by atoms with Gasteiger partial charge in [-0.15, -0.1) is 0 Å². The highest BCUT2D eigenvalue weighted by Gasteiger charge is 2.31. The Balaban J connectivity index is 1.75.